The maximum Gasteiger partial charge on any atom is 0.231 e. The Bertz CT molecular complexity index is 1110. The topological polar surface area (TPSA) is 35.5 Å². The van der Waals surface area contributed by atoms with Crippen molar-refractivity contribution in [2.24, 2.45) is 0 Å². The zero-order chi connectivity index (χ0) is 19.7. The van der Waals surface area contributed by atoms with E-state index in [0.717, 1.165) is 0 Å². The van der Waals surface area contributed by atoms with Crippen molar-refractivity contribution >= 4 is 35.1 Å². The van der Waals surface area contributed by atoms with E-state index in [0.29, 0.717) is 33.2 Å². The van der Waals surface area contributed by atoms with Crippen LogP contribution in [0.3, 0.4) is 0 Å². The number of hydrogen-bond acceptors (Lipinski definition) is 3. The molecule has 0 saturated heterocycles. The first-order valence-electron chi connectivity index (χ1n) is 8.41. The molecule has 0 aromatic heterocycles. The Morgan fingerprint density at radius 3 is 2.61 bits per heavy atom. The fourth-order valence-electron chi connectivity index (χ4n) is 2.79. The lowest BCUT2D eigenvalue weighted by molar-refractivity contribution is 0.101. The third kappa shape index (κ3) is 3.75. The van der Waals surface area contributed by atoms with E-state index in [4.69, 9.17) is 32.7 Å². The fraction of sp³-hybridized carbons (Fsp3) is 0.0455. The van der Waals surface area contributed by atoms with E-state index < -0.39 is 5.82 Å². The standard InChI is InChI=1S/C22H13Cl2FO3/c23-18-4-2-1-3-13(18)9-21-22(26)17-8-7-16(11-20(17)28-21)27-12-14-5-6-15(25)10-19(14)24/h1-11H,12H2. The number of fused-ring (bicyclic) bond motifs is 1. The zero-order valence-corrected chi connectivity index (χ0v) is 15.9. The summed E-state index contributed by atoms with van der Waals surface area (Å²) in [6, 6.07) is 16.3. The number of halogens is 3. The van der Waals surface area contributed by atoms with Gasteiger partial charge in [-0.3, -0.25) is 4.79 Å². The molecule has 0 aliphatic carbocycles. The minimum atomic E-state index is -0.406. The van der Waals surface area contributed by atoms with Crippen LogP contribution in [0, 0.1) is 5.82 Å². The molecule has 0 amide bonds. The molecular formula is C22H13Cl2FO3. The number of allylic oxidation sites excluding steroid dienone is 1. The van der Waals surface area contributed by atoms with Gasteiger partial charge in [0.05, 0.1) is 10.6 Å². The summed E-state index contributed by atoms with van der Waals surface area (Å²) in [5.41, 5.74) is 1.80. The first-order chi connectivity index (χ1) is 13.5. The Balaban J connectivity index is 1.53. The number of ether oxygens (including phenoxy) is 2. The van der Waals surface area contributed by atoms with Crippen molar-refractivity contribution in [1.29, 1.82) is 0 Å². The molecule has 3 nitrogen and oxygen atoms in total. The number of benzene rings is 3. The molecule has 0 bridgehead atoms. The summed E-state index contributed by atoms with van der Waals surface area (Å²) in [6.07, 6.45) is 1.61. The highest BCUT2D eigenvalue weighted by Crippen LogP contribution is 2.35. The van der Waals surface area contributed by atoms with Crippen LogP contribution >= 0.6 is 23.2 Å². The summed E-state index contributed by atoms with van der Waals surface area (Å²) >= 11 is 12.2. The lowest BCUT2D eigenvalue weighted by atomic mass is 10.1. The first-order valence-corrected chi connectivity index (χ1v) is 9.16. The molecule has 3 aromatic rings. The van der Waals surface area contributed by atoms with Gasteiger partial charge < -0.3 is 9.47 Å². The number of Topliss-reactive ketones (excluding diaryl/α,β-unsaturated/α-hetero) is 1. The van der Waals surface area contributed by atoms with E-state index in [9.17, 15) is 9.18 Å². The van der Waals surface area contributed by atoms with Crippen molar-refractivity contribution in [3.05, 3.63) is 99.0 Å². The molecule has 1 heterocycles. The Labute approximate surface area is 170 Å². The van der Waals surface area contributed by atoms with Gasteiger partial charge in [-0.05, 0) is 42.0 Å². The van der Waals surface area contributed by atoms with Gasteiger partial charge in [-0.15, -0.1) is 0 Å². The number of carbonyl (C=O) groups is 1. The zero-order valence-electron chi connectivity index (χ0n) is 14.4. The van der Waals surface area contributed by atoms with Crippen LogP contribution < -0.4 is 9.47 Å². The molecule has 0 N–H and O–H groups in total. The average molecular weight is 415 g/mol. The Hall–Kier alpha value is -2.82. The minimum absolute atomic E-state index is 0.161. The van der Waals surface area contributed by atoms with Crippen molar-refractivity contribution in [2.75, 3.05) is 0 Å². The molecule has 0 spiro atoms. The SMILES string of the molecule is O=C1C(=Cc2ccccc2Cl)Oc2cc(OCc3ccc(F)cc3Cl)ccc21. The molecule has 28 heavy (non-hydrogen) atoms. The van der Waals surface area contributed by atoms with Crippen LogP contribution in [0.2, 0.25) is 10.0 Å². The summed E-state index contributed by atoms with van der Waals surface area (Å²) in [5, 5.41) is 0.820. The van der Waals surface area contributed by atoms with Crippen molar-refractivity contribution in [3.8, 4) is 11.5 Å². The van der Waals surface area contributed by atoms with Crippen molar-refractivity contribution in [3.63, 3.8) is 0 Å². The summed E-state index contributed by atoms with van der Waals surface area (Å²) < 4.78 is 24.5. The second-order valence-corrected chi connectivity index (χ2v) is 6.96. The molecule has 0 atom stereocenters. The largest absolute Gasteiger partial charge is 0.489 e. The lowest BCUT2D eigenvalue weighted by Gasteiger charge is -2.08. The molecule has 3 aromatic carbocycles. The highest BCUT2D eigenvalue weighted by molar-refractivity contribution is 6.32. The van der Waals surface area contributed by atoms with E-state index in [2.05, 4.69) is 0 Å². The van der Waals surface area contributed by atoms with E-state index in [1.807, 2.05) is 12.1 Å². The fourth-order valence-corrected chi connectivity index (χ4v) is 3.20. The van der Waals surface area contributed by atoms with Crippen LogP contribution in [0.5, 0.6) is 11.5 Å². The summed E-state index contributed by atoms with van der Waals surface area (Å²) in [4.78, 5) is 12.5. The predicted octanol–water partition coefficient (Wildman–Crippen LogP) is 6.33. The Morgan fingerprint density at radius 1 is 1.00 bits per heavy atom. The van der Waals surface area contributed by atoms with Crippen molar-refractivity contribution in [2.45, 2.75) is 6.61 Å². The van der Waals surface area contributed by atoms with Gasteiger partial charge in [-0.2, -0.15) is 0 Å². The van der Waals surface area contributed by atoms with Crippen LogP contribution in [-0.2, 0) is 6.61 Å². The second kappa shape index (κ2) is 7.66. The maximum atomic E-state index is 13.1. The molecule has 4 rings (SSSR count). The Kier molecular flexibility index (Phi) is 5.07. The minimum Gasteiger partial charge on any atom is -0.489 e. The third-order valence-electron chi connectivity index (χ3n) is 4.24. The maximum absolute atomic E-state index is 13.1. The van der Waals surface area contributed by atoms with Gasteiger partial charge in [0, 0.05) is 16.7 Å². The summed E-state index contributed by atoms with van der Waals surface area (Å²) in [7, 11) is 0. The van der Waals surface area contributed by atoms with Crippen LogP contribution in [0.15, 0.2) is 66.4 Å². The molecule has 6 heteroatoms. The molecule has 140 valence electrons. The molecular weight excluding hydrogens is 402 g/mol. The quantitative estimate of drug-likeness (QED) is 0.468. The summed E-state index contributed by atoms with van der Waals surface area (Å²) in [6.45, 7) is 0.161. The Morgan fingerprint density at radius 2 is 1.82 bits per heavy atom. The van der Waals surface area contributed by atoms with Crippen LogP contribution in [0.1, 0.15) is 21.5 Å². The third-order valence-corrected chi connectivity index (χ3v) is 4.94. The normalized spacial score (nSPS) is 14.1. The molecule has 1 aliphatic rings. The van der Waals surface area contributed by atoms with Crippen molar-refractivity contribution < 1.29 is 18.7 Å². The highest BCUT2D eigenvalue weighted by Gasteiger charge is 2.28. The van der Waals surface area contributed by atoms with Gasteiger partial charge in [0.1, 0.15) is 23.9 Å². The molecule has 0 saturated carbocycles. The van der Waals surface area contributed by atoms with E-state index in [1.165, 1.54) is 12.1 Å². The van der Waals surface area contributed by atoms with Gasteiger partial charge in [0.25, 0.3) is 0 Å². The van der Waals surface area contributed by atoms with Gasteiger partial charge in [0.15, 0.2) is 5.76 Å². The monoisotopic (exact) mass is 414 g/mol. The van der Waals surface area contributed by atoms with Gasteiger partial charge in [0.2, 0.25) is 5.78 Å². The first kappa shape index (κ1) is 18.5. The summed E-state index contributed by atoms with van der Waals surface area (Å²) in [5.74, 6) is 0.484. The van der Waals surface area contributed by atoms with E-state index >= 15 is 0 Å². The van der Waals surface area contributed by atoms with E-state index in [-0.39, 0.29) is 23.2 Å². The number of hydrogen-bond donors (Lipinski definition) is 0. The highest BCUT2D eigenvalue weighted by atomic mass is 35.5. The molecule has 1 aliphatic heterocycles. The van der Waals surface area contributed by atoms with Gasteiger partial charge in [-0.1, -0.05) is 47.5 Å². The predicted molar refractivity (Wildman–Crippen MR) is 107 cm³/mol. The number of carbonyl (C=O) groups excluding carboxylic acids is 1. The second-order valence-electron chi connectivity index (χ2n) is 6.14. The van der Waals surface area contributed by atoms with Crippen LogP contribution in [0.4, 0.5) is 4.39 Å². The smallest absolute Gasteiger partial charge is 0.231 e. The average Bonchev–Trinajstić information content (AvgIpc) is 2.98. The van der Waals surface area contributed by atoms with Gasteiger partial charge in [-0.25, -0.2) is 4.39 Å². The van der Waals surface area contributed by atoms with Crippen molar-refractivity contribution in [1.82, 2.24) is 0 Å². The van der Waals surface area contributed by atoms with Gasteiger partial charge >= 0.3 is 0 Å². The number of rotatable bonds is 4. The molecule has 0 fully saturated rings. The van der Waals surface area contributed by atoms with Crippen LogP contribution in [-0.4, -0.2) is 5.78 Å². The molecule has 0 radical (unpaired) electrons. The molecule has 0 unspecified atom stereocenters. The van der Waals surface area contributed by atoms with Crippen LogP contribution in [0.25, 0.3) is 6.08 Å². The van der Waals surface area contributed by atoms with E-state index in [1.54, 1.807) is 42.5 Å². The number of ketones is 1. The lowest BCUT2D eigenvalue weighted by Crippen LogP contribution is -1.98.